The van der Waals surface area contributed by atoms with E-state index >= 15 is 0 Å². The smallest absolute Gasteiger partial charge is 0.368 e. The van der Waals surface area contributed by atoms with E-state index in [2.05, 4.69) is 5.32 Å². The number of carbonyl (C=O) groups excluding carboxylic acids is 1. The molecule has 182 valence electrons. The van der Waals surface area contributed by atoms with E-state index in [-0.39, 0.29) is 55.9 Å². The van der Waals surface area contributed by atoms with E-state index in [1.807, 2.05) is 6.07 Å². The van der Waals surface area contributed by atoms with E-state index < -0.39 is 13.8 Å². The van der Waals surface area contributed by atoms with E-state index in [1.54, 1.807) is 6.92 Å². The molecule has 12 heteroatoms. The lowest BCUT2D eigenvalue weighted by molar-refractivity contribution is -0.329. The lowest BCUT2D eigenvalue weighted by Gasteiger charge is -2.25. The SMILES string of the molecule is COC1(C)OC2C3CC(C(=O)NCCCCCCOP(=O)(OC)OCCC#N)[C@H](O3)[C@H]2O1. The molecular formula is C20H33N2O9P. The first-order chi connectivity index (χ1) is 15.3. The van der Waals surface area contributed by atoms with Crippen molar-refractivity contribution in [2.75, 3.05) is 34.0 Å². The van der Waals surface area contributed by atoms with Crippen LogP contribution in [0.4, 0.5) is 0 Å². The van der Waals surface area contributed by atoms with Crippen LogP contribution in [0.5, 0.6) is 0 Å². The molecule has 7 atom stereocenters. The normalized spacial score (nSPS) is 34.8. The number of nitrogens with one attached hydrogen (secondary N) is 1. The van der Waals surface area contributed by atoms with Crippen molar-refractivity contribution >= 4 is 13.7 Å². The largest absolute Gasteiger partial charge is 0.474 e. The van der Waals surface area contributed by atoms with Crippen molar-refractivity contribution in [2.24, 2.45) is 5.92 Å². The van der Waals surface area contributed by atoms with E-state index in [1.165, 1.54) is 14.2 Å². The summed E-state index contributed by atoms with van der Waals surface area (Å²) in [5.41, 5.74) is 0. The van der Waals surface area contributed by atoms with Crippen LogP contribution < -0.4 is 5.32 Å². The molecule has 3 heterocycles. The van der Waals surface area contributed by atoms with E-state index in [4.69, 9.17) is 37.8 Å². The summed E-state index contributed by atoms with van der Waals surface area (Å²) in [4.78, 5) is 12.6. The van der Waals surface area contributed by atoms with Crippen molar-refractivity contribution in [1.82, 2.24) is 5.32 Å². The first-order valence-electron chi connectivity index (χ1n) is 11.0. The Hall–Kier alpha value is -1.09. The molecule has 0 aromatic heterocycles. The lowest BCUT2D eigenvalue weighted by Crippen LogP contribution is -2.46. The summed E-state index contributed by atoms with van der Waals surface area (Å²) in [6.45, 7) is 2.53. The van der Waals surface area contributed by atoms with Crippen molar-refractivity contribution in [3.8, 4) is 6.07 Å². The molecule has 3 aliphatic heterocycles. The minimum atomic E-state index is -3.59. The van der Waals surface area contributed by atoms with Crippen LogP contribution in [0.25, 0.3) is 0 Å². The topological polar surface area (TPSA) is 135 Å². The number of nitriles is 1. The Morgan fingerprint density at radius 1 is 1.12 bits per heavy atom. The fourth-order valence-electron chi connectivity index (χ4n) is 4.25. The number of methoxy groups -OCH3 is 1. The zero-order valence-electron chi connectivity index (χ0n) is 18.8. The third kappa shape index (κ3) is 6.07. The minimum absolute atomic E-state index is 0.00119. The Morgan fingerprint density at radius 3 is 2.56 bits per heavy atom. The van der Waals surface area contributed by atoms with Crippen molar-refractivity contribution in [2.45, 2.75) is 75.8 Å². The highest BCUT2D eigenvalue weighted by Crippen LogP contribution is 2.49. The standard InChI is InChI=1S/C20H33N2O9P/c1-20(25-2)30-17-15-13-14(16(29-15)18(17)31-20)19(23)22-10-6-4-5-7-11-27-32(24,26-3)28-12-8-9-21/h14-18H,4-8,10-13H2,1-3H3,(H,22,23)/t14?,15?,16-,17?,18+,20?,32?/m0/s1. The molecule has 3 rings (SSSR count). The summed E-state index contributed by atoms with van der Waals surface area (Å²) in [6, 6.07) is 1.90. The first-order valence-corrected chi connectivity index (χ1v) is 12.5. The molecule has 0 aliphatic carbocycles. The van der Waals surface area contributed by atoms with Crippen LogP contribution in [0.2, 0.25) is 0 Å². The van der Waals surface area contributed by atoms with Gasteiger partial charge >= 0.3 is 7.82 Å². The van der Waals surface area contributed by atoms with Gasteiger partial charge in [-0.05, 0) is 19.3 Å². The fourth-order valence-corrected chi connectivity index (χ4v) is 5.20. The zero-order valence-corrected chi connectivity index (χ0v) is 19.7. The number of phosphoric ester groups is 1. The average Bonchev–Trinajstić information content (AvgIpc) is 3.46. The Kier molecular flexibility index (Phi) is 9.06. The second-order valence-electron chi connectivity index (χ2n) is 8.12. The molecule has 2 bridgehead atoms. The van der Waals surface area contributed by atoms with Gasteiger partial charge in [-0.2, -0.15) is 5.26 Å². The van der Waals surface area contributed by atoms with Crippen molar-refractivity contribution in [3.05, 3.63) is 0 Å². The Balaban J connectivity index is 1.26. The molecule has 3 saturated heterocycles. The number of phosphoric acid groups is 1. The number of rotatable bonds is 14. The highest BCUT2D eigenvalue weighted by Gasteiger charge is 2.64. The van der Waals surface area contributed by atoms with E-state index in [0.717, 1.165) is 19.3 Å². The first kappa shape index (κ1) is 25.5. The Morgan fingerprint density at radius 2 is 1.84 bits per heavy atom. The molecule has 1 amide bonds. The zero-order chi connectivity index (χ0) is 23.2. The Bertz CT molecular complexity index is 732. The summed E-state index contributed by atoms with van der Waals surface area (Å²) in [5, 5.41) is 11.5. The van der Waals surface area contributed by atoms with Crippen molar-refractivity contribution in [1.29, 1.82) is 5.26 Å². The van der Waals surface area contributed by atoms with Gasteiger partial charge in [-0.1, -0.05) is 12.8 Å². The molecule has 0 aromatic rings. The van der Waals surface area contributed by atoms with Crippen LogP contribution in [0, 0.1) is 17.2 Å². The van der Waals surface area contributed by atoms with Crippen LogP contribution in [0.15, 0.2) is 0 Å². The molecule has 3 fully saturated rings. The number of hydrogen-bond acceptors (Lipinski definition) is 10. The molecule has 1 N–H and O–H groups in total. The molecule has 11 nitrogen and oxygen atoms in total. The summed E-state index contributed by atoms with van der Waals surface area (Å²) in [5.74, 6) is -1.35. The monoisotopic (exact) mass is 476 g/mol. The lowest BCUT2D eigenvalue weighted by atomic mass is 9.85. The number of ether oxygens (including phenoxy) is 4. The maximum Gasteiger partial charge on any atom is 0.474 e. The van der Waals surface area contributed by atoms with Gasteiger partial charge in [0.2, 0.25) is 5.91 Å². The Labute approximate surface area is 188 Å². The number of fused-ring (bicyclic) bond motifs is 5. The van der Waals surface area contributed by atoms with Gasteiger partial charge < -0.3 is 24.3 Å². The predicted octanol–water partition coefficient (Wildman–Crippen LogP) is 2.26. The molecule has 5 unspecified atom stereocenters. The van der Waals surface area contributed by atoms with Crippen molar-refractivity contribution in [3.63, 3.8) is 0 Å². The van der Waals surface area contributed by atoms with Gasteiger partial charge in [0.15, 0.2) is 0 Å². The van der Waals surface area contributed by atoms with Gasteiger partial charge in [-0.3, -0.25) is 18.4 Å². The van der Waals surface area contributed by atoms with Gasteiger partial charge in [0, 0.05) is 27.7 Å². The number of hydrogen-bond donors (Lipinski definition) is 1. The molecule has 3 aliphatic rings. The van der Waals surface area contributed by atoms with Gasteiger partial charge in [0.05, 0.1) is 43.8 Å². The second-order valence-corrected chi connectivity index (χ2v) is 9.90. The van der Waals surface area contributed by atoms with Crippen LogP contribution in [0.3, 0.4) is 0 Å². The van der Waals surface area contributed by atoms with Gasteiger partial charge in [0.1, 0.15) is 12.2 Å². The molecule has 0 aromatic carbocycles. The molecular weight excluding hydrogens is 443 g/mol. The summed E-state index contributed by atoms with van der Waals surface area (Å²) >= 11 is 0. The molecule has 0 spiro atoms. The number of carbonyl (C=O) groups is 1. The van der Waals surface area contributed by atoms with E-state index in [0.29, 0.717) is 19.4 Å². The highest BCUT2D eigenvalue weighted by molar-refractivity contribution is 7.48. The number of unbranched alkanes of at least 4 members (excludes halogenated alkanes) is 3. The van der Waals surface area contributed by atoms with Crippen LogP contribution in [-0.4, -0.2) is 70.3 Å². The number of nitrogens with zero attached hydrogens (tertiary/aromatic N) is 1. The maximum absolute atomic E-state index is 12.6. The molecule has 0 saturated carbocycles. The second kappa shape index (κ2) is 11.4. The predicted molar refractivity (Wildman–Crippen MR) is 110 cm³/mol. The highest BCUT2D eigenvalue weighted by atomic mass is 31.2. The summed E-state index contributed by atoms with van der Waals surface area (Å²) in [7, 11) is -0.809. The van der Waals surface area contributed by atoms with E-state index in [9.17, 15) is 9.36 Å². The third-order valence-corrected chi connectivity index (χ3v) is 7.39. The van der Waals surface area contributed by atoms with Gasteiger partial charge in [-0.15, -0.1) is 0 Å². The minimum Gasteiger partial charge on any atom is -0.368 e. The molecule has 0 radical (unpaired) electrons. The van der Waals surface area contributed by atoms with Crippen LogP contribution in [0.1, 0.15) is 45.4 Å². The molecule has 32 heavy (non-hydrogen) atoms. The van der Waals surface area contributed by atoms with Crippen LogP contribution in [-0.2, 0) is 41.9 Å². The fraction of sp³-hybridized carbons (Fsp3) is 0.900. The maximum atomic E-state index is 12.6. The quantitative estimate of drug-likeness (QED) is 0.294. The average molecular weight is 476 g/mol. The summed E-state index contributed by atoms with van der Waals surface area (Å²) in [6.07, 6.45) is 3.03. The van der Waals surface area contributed by atoms with Crippen molar-refractivity contribution < 1.29 is 41.9 Å². The van der Waals surface area contributed by atoms with Gasteiger partial charge in [0.25, 0.3) is 5.97 Å². The third-order valence-electron chi connectivity index (χ3n) is 5.94. The number of amides is 1. The summed E-state index contributed by atoms with van der Waals surface area (Å²) < 4.78 is 50.0. The van der Waals surface area contributed by atoms with Gasteiger partial charge in [-0.25, -0.2) is 4.57 Å². The van der Waals surface area contributed by atoms with Crippen LogP contribution >= 0.6 is 7.82 Å².